The molecule has 0 aliphatic heterocycles. The van der Waals surface area contributed by atoms with Crippen molar-refractivity contribution in [1.82, 2.24) is 0 Å². The Balaban J connectivity index is 2.20. The standard InChI is InChI=1S/C9H14O4/c10-8(11)6-4-1-2-5(3-4)7(6)9(12)13/h1-2,4-13H,3H2. The first kappa shape index (κ1) is 9.15. The van der Waals surface area contributed by atoms with E-state index in [1.807, 2.05) is 12.2 Å². The fraction of sp³-hybridized carbons (Fsp3) is 0.778. The topological polar surface area (TPSA) is 80.9 Å². The monoisotopic (exact) mass is 186 g/mol. The molecule has 0 radical (unpaired) electrons. The lowest BCUT2D eigenvalue weighted by Gasteiger charge is -2.30. The van der Waals surface area contributed by atoms with Crippen molar-refractivity contribution in [3.63, 3.8) is 0 Å². The first-order valence-corrected chi connectivity index (χ1v) is 4.52. The third-order valence-electron chi connectivity index (χ3n) is 3.27. The highest BCUT2D eigenvalue weighted by Crippen LogP contribution is 2.49. The number of aliphatic hydroxyl groups excluding tert-OH is 2. The van der Waals surface area contributed by atoms with Gasteiger partial charge in [-0.25, -0.2) is 0 Å². The van der Waals surface area contributed by atoms with Crippen LogP contribution < -0.4 is 0 Å². The van der Waals surface area contributed by atoms with E-state index < -0.39 is 24.4 Å². The molecule has 2 aliphatic rings. The zero-order chi connectivity index (χ0) is 9.59. The third kappa shape index (κ3) is 1.30. The largest absolute Gasteiger partial charge is 0.368 e. The molecule has 4 nitrogen and oxygen atoms in total. The van der Waals surface area contributed by atoms with Gasteiger partial charge in [0.1, 0.15) is 0 Å². The second-order valence-electron chi connectivity index (χ2n) is 3.93. The van der Waals surface area contributed by atoms with Gasteiger partial charge in [-0.3, -0.25) is 0 Å². The Morgan fingerprint density at radius 3 is 1.54 bits per heavy atom. The summed E-state index contributed by atoms with van der Waals surface area (Å²) in [5.41, 5.74) is 0. The number of hydrogen-bond acceptors (Lipinski definition) is 4. The molecule has 0 heterocycles. The van der Waals surface area contributed by atoms with E-state index in [2.05, 4.69) is 0 Å². The Hall–Kier alpha value is -0.420. The van der Waals surface area contributed by atoms with Gasteiger partial charge in [-0.15, -0.1) is 0 Å². The number of aliphatic hydroxyl groups is 4. The van der Waals surface area contributed by atoms with Crippen molar-refractivity contribution in [2.45, 2.75) is 19.0 Å². The molecule has 0 spiro atoms. The molecule has 4 N–H and O–H groups in total. The first-order chi connectivity index (χ1) is 6.11. The lowest BCUT2D eigenvalue weighted by atomic mass is 9.82. The Kier molecular flexibility index (Phi) is 2.15. The van der Waals surface area contributed by atoms with Crippen molar-refractivity contribution in [1.29, 1.82) is 0 Å². The molecule has 0 aromatic rings. The van der Waals surface area contributed by atoms with Crippen LogP contribution in [0.1, 0.15) is 6.42 Å². The smallest absolute Gasteiger partial charge is 0.155 e. The van der Waals surface area contributed by atoms with E-state index in [1.165, 1.54) is 0 Å². The predicted molar refractivity (Wildman–Crippen MR) is 44.2 cm³/mol. The molecule has 0 amide bonds. The minimum atomic E-state index is -1.45. The molecule has 4 heteroatoms. The van der Waals surface area contributed by atoms with Crippen molar-refractivity contribution in [2.75, 3.05) is 0 Å². The summed E-state index contributed by atoms with van der Waals surface area (Å²) in [6, 6.07) is 0. The van der Waals surface area contributed by atoms with Gasteiger partial charge in [-0.2, -0.15) is 0 Å². The SMILES string of the molecule is OC(O)C1C2C=CC(C2)C1C(O)O. The highest BCUT2D eigenvalue weighted by Gasteiger charge is 2.49. The summed E-state index contributed by atoms with van der Waals surface area (Å²) in [7, 11) is 0. The minimum absolute atomic E-state index is 0.0943. The van der Waals surface area contributed by atoms with Gasteiger partial charge in [0, 0.05) is 11.8 Å². The number of allylic oxidation sites excluding steroid dienone is 2. The molecule has 4 atom stereocenters. The van der Waals surface area contributed by atoms with Crippen LogP contribution in [0.2, 0.25) is 0 Å². The van der Waals surface area contributed by atoms with E-state index in [4.69, 9.17) is 20.4 Å². The lowest BCUT2D eigenvalue weighted by molar-refractivity contribution is -0.162. The molecule has 2 rings (SSSR count). The summed E-state index contributed by atoms with van der Waals surface area (Å²) in [4.78, 5) is 0. The molecule has 2 aliphatic carbocycles. The van der Waals surface area contributed by atoms with Crippen molar-refractivity contribution >= 4 is 0 Å². The van der Waals surface area contributed by atoms with E-state index in [0.29, 0.717) is 0 Å². The van der Waals surface area contributed by atoms with Crippen LogP contribution in [0.3, 0.4) is 0 Å². The Morgan fingerprint density at radius 2 is 1.23 bits per heavy atom. The summed E-state index contributed by atoms with van der Waals surface area (Å²) in [5, 5.41) is 36.4. The van der Waals surface area contributed by atoms with Crippen LogP contribution in [0.25, 0.3) is 0 Å². The van der Waals surface area contributed by atoms with Crippen molar-refractivity contribution in [3.05, 3.63) is 12.2 Å². The van der Waals surface area contributed by atoms with E-state index >= 15 is 0 Å². The van der Waals surface area contributed by atoms with E-state index in [1.54, 1.807) is 0 Å². The number of hydrogen-bond donors (Lipinski definition) is 4. The average Bonchev–Trinajstić information content (AvgIpc) is 2.60. The number of fused-ring (bicyclic) bond motifs is 2. The van der Waals surface area contributed by atoms with Gasteiger partial charge in [0.25, 0.3) is 0 Å². The Morgan fingerprint density at radius 1 is 0.846 bits per heavy atom. The molecule has 1 saturated carbocycles. The molecule has 0 aromatic heterocycles. The van der Waals surface area contributed by atoms with Crippen molar-refractivity contribution < 1.29 is 20.4 Å². The molecule has 13 heavy (non-hydrogen) atoms. The summed E-state index contributed by atoms with van der Waals surface area (Å²) in [6.45, 7) is 0. The van der Waals surface area contributed by atoms with E-state index in [0.717, 1.165) is 6.42 Å². The lowest BCUT2D eigenvalue weighted by Crippen LogP contribution is -2.37. The molecule has 0 aromatic carbocycles. The van der Waals surface area contributed by atoms with Crippen LogP contribution in [0.4, 0.5) is 0 Å². The highest BCUT2D eigenvalue weighted by atomic mass is 16.5. The van der Waals surface area contributed by atoms with Gasteiger partial charge in [0.05, 0.1) is 0 Å². The van der Waals surface area contributed by atoms with Crippen LogP contribution in [0.5, 0.6) is 0 Å². The maximum Gasteiger partial charge on any atom is 0.155 e. The second-order valence-corrected chi connectivity index (χ2v) is 3.93. The minimum Gasteiger partial charge on any atom is -0.368 e. The number of rotatable bonds is 2. The summed E-state index contributed by atoms with van der Waals surface area (Å²) < 4.78 is 0. The average molecular weight is 186 g/mol. The van der Waals surface area contributed by atoms with Crippen LogP contribution in [0.15, 0.2) is 12.2 Å². The zero-order valence-corrected chi connectivity index (χ0v) is 7.11. The summed E-state index contributed by atoms with van der Waals surface area (Å²) in [5.74, 6) is -0.654. The quantitative estimate of drug-likeness (QED) is 0.331. The van der Waals surface area contributed by atoms with Gasteiger partial charge in [-0.05, 0) is 18.3 Å². The molecule has 0 saturated heterocycles. The highest BCUT2D eigenvalue weighted by molar-refractivity contribution is 5.14. The van der Waals surface area contributed by atoms with Gasteiger partial charge in [-0.1, -0.05) is 12.2 Å². The predicted octanol–water partition coefficient (Wildman–Crippen LogP) is -0.954. The Labute approximate surface area is 76.1 Å². The van der Waals surface area contributed by atoms with Gasteiger partial charge in [0.15, 0.2) is 12.6 Å². The molecular formula is C9H14O4. The summed E-state index contributed by atoms with van der Waals surface area (Å²) in [6.07, 6.45) is 1.78. The molecular weight excluding hydrogens is 172 g/mol. The molecule has 4 unspecified atom stereocenters. The van der Waals surface area contributed by atoms with E-state index in [9.17, 15) is 0 Å². The fourth-order valence-electron chi connectivity index (χ4n) is 2.74. The van der Waals surface area contributed by atoms with Crippen molar-refractivity contribution in [2.24, 2.45) is 23.7 Å². The van der Waals surface area contributed by atoms with Crippen LogP contribution in [-0.4, -0.2) is 33.0 Å². The molecule has 74 valence electrons. The normalized spacial score (nSPS) is 42.6. The van der Waals surface area contributed by atoms with Gasteiger partial charge >= 0.3 is 0 Å². The van der Waals surface area contributed by atoms with Crippen LogP contribution >= 0.6 is 0 Å². The Bertz CT molecular complexity index is 202. The van der Waals surface area contributed by atoms with Gasteiger partial charge in [0.2, 0.25) is 0 Å². The van der Waals surface area contributed by atoms with Crippen molar-refractivity contribution in [3.8, 4) is 0 Å². The van der Waals surface area contributed by atoms with E-state index in [-0.39, 0.29) is 11.8 Å². The van der Waals surface area contributed by atoms with Gasteiger partial charge < -0.3 is 20.4 Å². The zero-order valence-electron chi connectivity index (χ0n) is 7.11. The summed E-state index contributed by atoms with van der Waals surface area (Å²) >= 11 is 0. The second kappa shape index (κ2) is 3.06. The first-order valence-electron chi connectivity index (χ1n) is 4.52. The maximum atomic E-state index is 9.09. The van der Waals surface area contributed by atoms with Crippen LogP contribution in [0, 0.1) is 23.7 Å². The maximum absolute atomic E-state index is 9.09. The van der Waals surface area contributed by atoms with Crippen LogP contribution in [-0.2, 0) is 0 Å². The third-order valence-corrected chi connectivity index (χ3v) is 3.27. The molecule has 2 bridgehead atoms. The fourth-order valence-corrected chi connectivity index (χ4v) is 2.74. The molecule has 1 fully saturated rings.